The largest absolute Gasteiger partial charge is 0.352 e. The summed E-state index contributed by atoms with van der Waals surface area (Å²) in [7, 11) is 0. The van der Waals surface area contributed by atoms with Crippen LogP contribution in [-0.4, -0.2) is 28.8 Å². The fourth-order valence-corrected chi connectivity index (χ4v) is 2.50. The fraction of sp³-hybridized carbons (Fsp3) is 0.579. The topological polar surface area (TPSA) is 49.4 Å². The molecule has 0 spiro atoms. The van der Waals surface area contributed by atoms with E-state index in [9.17, 15) is 9.59 Å². The second-order valence-corrected chi connectivity index (χ2v) is 6.00. The van der Waals surface area contributed by atoms with Crippen molar-refractivity contribution >= 4 is 11.8 Å². The first-order valence-electron chi connectivity index (χ1n) is 8.67. The van der Waals surface area contributed by atoms with E-state index in [1.165, 1.54) is 0 Å². The van der Waals surface area contributed by atoms with Gasteiger partial charge in [0.15, 0.2) is 0 Å². The zero-order valence-corrected chi connectivity index (χ0v) is 14.8. The molecule has 0 heterocycles. The highest BCUT2D eigenvalue weighted by Crippen LogP contribution is 2.14. The second kappa shape index (κ2) is 10.0. The number of hydrogen-bond acceptors (Lipinski definition) is 2. The molecule has 2 atom stereocenters. The van der Waals surface area contributed by atoms with Crippen LogP contribution in [0, 0.1) is 0 Å². The van der Waals surface area contributed by atoms with Crippen molar-refractivity contribution in [3.8, 4) is 0 Å². The molecule has 4 heteroatoms. The molecule has 2 unspecified atom stereocenters. The lowest BCUT2D eigenvalue weighted by Gasteiger charge is -2.31. The van der Waals surface area contributed by atoms with Gasteiger partial charge in [-0.2, -0.15) is 0 Å². The minimum absolute atomic E-state index is 0.0440. The molecule has 1 aromatic carbocycles. The van der Waals surface area contributed by atoms with Crippen molar-refractivity contribution in [2.75, 3.05) is 0 Å². The number of hydrogen-bond donors (Lipinski definition) is 1. The standard InChI is InChI=1S/C19H30N2O2/c1-5-11-18(22)21(14-16-12-9-8-10-13-16)17(7-3)19(23)20-15(4)6-2/h8-10,12-13,15,17H,5-7,11,14H2,1-4H3,(H,20,23). The molecule has 4 nitrogen and oxygen atoms in total. The van der Waals surface area contributed by atoms with E-state index >= 15 is 0 Å². The van der Waals surface area contributed by atoms with Gasteiger partial charge < -0.3 is 10.2 Å². The molecule has 0 bridgehead atoms. The Labute approximate surface area is 140 Å². The summed E-state index contributed by atoms with van der Waals surface area (Å²) in [5.74, 6) is -0.00950. The maximum Gasteiger partial charge on any atom is 0.243 e. The highest BCUT2D eigenvalue weighted by molar-refractivity contribution is 5.87. The van der Waals surface area contributed by atoms with Crippen LogP contribution in [-0.2, 0) is 16.1 Å². The molecular formula is C19H30N2O2. The summed E-state index contributed by atoms with van der Waals surface area (Å²) >= 11 is 0. The first-order valence-corrected chi connectivity index (χ1v) is 8.67. The lowest BCUT2D eigenvalue weighted by molar-refractivity contribution is -0.141. The third kappa shape index (κ3) is 6.05. The van der Waals surface area contributed by atoms with Gasteiger partial charge in [-0.05, 0) is 31.7 Å². The van der Waals surface area contributed by atoms with Crippen LogP contribution in [0.5, 0.6) is 0 Å². The van der Waals surface area contributed by atoms with E-state index in [1.807, 2.05) is 58.0 Å². The fourth-order valence-electron chi connectivity index (χ4n) is 2.50. The van der Waals surface area contributed by atoms with Crippen LogP contribution in [0.2, 0.25) is 0 Å². The van der Waals surface area contributed by atoms with E-state index < -0.39 is 6.04 Å². The van der Waals surface area contributed by atoms with Crippen LogP contribution in [0.1, 0.15) is 58.9 Å². The average Bonchev–Trinajstić information content (AvgIpc) is 2.55. The first kappa shape index (κ1) is 19.2. The molecule has 0 saturated carbocycles. The van der Waals surface area contributed by atoms with E-state index in [4.69, 9.17) is 0 Å². The van der Waals surface area contributed by atoms with Gasteiger partial charge in [0.2, 0.25) is 11.8 Å². The Hall–Kier alpha value is -1.84. The summed E-state index contributed by atoms with van der Waals surface area (Å²) in [5, 5.41) is 3.01. The highest BCUT2D eigenvalue weighted by atomic mass is 16.2. The number of nitrogens with zero attached hydrogens (tertiary/aromatic N) is 1. The van der Waals surface area contributed by atoms with Gasteiger partial charge in [0.05, 0.1) is 0 Å². The molecular weight excluding hydrogens is 288 g/mol. The minimum Gasteiger partial charge on any atom is -0.352 e. The Kier molecular flexibility index (Phi) is 8.38. The lowest BCUT2D eigenvalue weighted by atomic mass is 10.1. The summed E-state index contributed by atoms with van der Waals surface area (Å²) < 4.78 is 0. The van der Waals surface area contributed by atoms with Gasteiger partial charge in [0, 0.05) is 19.0 Å². The number of carbonyl (C=O) groups excluding carboxylic acids is 2. The van der Waals surface area contributed by atoms with Crippen molar-refractivity contribution in [2.24, 2.45) is 0 Å². The third-order valence-corrected chi connectivity index (χ3v) is 4.05. The minimum atomic E-state index is -0.414. The summed E-state index contributed by atoms with van der Waals surface area (Å²) in [6.45, 7) is 8.44. The Bertz CT molecular complexity index is 487. The van der Waals surface area contributed by atoms with Crippen LogP contribution >= 0.6 is 0 Å². The summed E-state index contributed by atoms with van der Waals surface area (Å²) in [4.78, 5) is 26.9. The third-order valence-electron chi connectivity index (χ3n) is 4.05. The number of amides is 2. The molecule has 1 aromatic rings. The molecule has 2 amide bonds. The molecule has 23 heavy (non-hydrogen) atoms. The molecule has 0 aliphatic carbocycles. The maximum absolute atomic E-state index is 12.6. The average molecular weight is 318 g/mol. The second-order valence-electron chi connectivity index (χ2n) is 6.00. The highest BCUT2D eigenvalue weighted by Gasteiger charge is 2.28. The summed E-state index contributed by atoms with van der Waals surface area (Å²) in [5.41, 5.74) is 1.05. The van der Waals surface area contributed by atoms with Crippen LogP contribution in [0.25, 0.3) is 0 Å². The molecule has 0 aliphatic heterocycles. The molecule has 0 aliphatic rings. The first-order chi connectivity index (χ1) is 11.0. The quantitative estimate of drug-likeness (QED) is 0.757. The van der Waals surface area contributed by atoms with Crippen molar-refractivity contribution in [2.45, 2.75) is 72.0 Å². The van der Waals surface area contributed by atoms with E-state index in [2.05, 4.69) is 5.32 Å². The molecule has 0 fully saturated rings. The van der Waals surface area contributed by atoms with Gasteiger partial charge >= 0.3 is 0 Å². The smallest absolute Gasteiger partial charge is 0.243 e. The SMILES string of the molecule is CCCC(=O)N(Cc1ccccc1)C(CC)C(=O)NC(C)CC. The molecule has 1 rings (SSSR count). The van der Waals surface area contributed by atoms with Gasteiger partial charge in [-0.15, -0.1) is 0 Å². The Morgan fingerprint density at radius 2 is 1.74 bits per heavy atom. The van der Waals surface area contributed by atoms with Gasteiger partial charge in [-0.1, -0.05) is 51.1 Å². The van der Waals surface area contributed by atoms with Crippen molar-refractivity contribution in [1.29, 1.82) is 0 Å². The zero-order chi connectivity index (χ0) is 17.2. The van der Waals surface area contributed by atoms with E-state index in [1.54, 1.807) is 4.90 Å². The lowest BCUT2D eigenvalue weighted by Crippen LogP contribution is -2.50. The molecule has 0 radical (unpaired) electrons. The van der Waals surface area contributed by atoms with E-state index in [0.29, 0.717) is 19.4 Å². The predicted molar refractivity (Wildman–Crippen MR) is 93.9 cm³/mol. The van der Waals surface area contributed by atoms with Crippen molar-refractivity contribution in [3.63, 3.8) is 0 Å². The predicted octanol–water partition coefficient (Wildman–Crippen LogP) is 3.51. The molecule has 128 valence electrons. The van der Waals surface area contributed by atoms with Gasteiger partial charge in [0.1, 0.15) is 6.04 Å². The Balaban J connectivity index is 2.95. The molecule has 0 saturated heterocycles. The van der Waals surface area contributed by atoms with Crippen LogP contribution in [0.15, 0.2) is 30.3 Å². The van der Waals surface area contributed by atoms with Crippen molar-refractivity contribution in [1.82, 2.24) is 10.2 Å². The monoisotopic (exact) mass is 318 g/mol. The van der Waals surface area contributed by atoms with Crippen LogP contribution in [0.4, 0.5) is 0 Å². The van der Waals surface area contributed by atoms with E-state index in [-0.39, 0.29) is 17.9 Å². The summed E-state index contributed by atoms with van der Waals surface area (Å²) in [6.07, 6.45) is 2.75. The molecule has 1 N–H and O–H groups in total. The number of carbonyl (C=O) groups is 2. The Morgan fingerprint density at radius 3 is 2.26 bits per heavy atom. The van der Waals surface area contributed by atoms with Crippen LogP contribution in [0.3, 0.4) is 0 Å². The number of rotatable bonds is 9. The van der Waals surface area contributed by atoms with Crippen LogP contribution < -0.4 is 5.32 Å². The zero-order valence-electron chi connectivity index (χ0n) is 14.8. The van der Waals surface area contributed by atoms with Gasteiger partial charge in [-0.25, -0.2) is 0 Å². The van der Waals surface area contributed by atoms with Gasteiger partial charge in [-0.3, -0.25) is 9.59 Å². The number of benzene rings is 1. The maximum atomic E-state index is 12.6. The van der Waals surface area contributed by atoms with E-state index in [0.717, 1.165) is 18.4 Å². The van der Waals surface area contributed by atoms with Crippen molar-refractivity contribution < 1.29 is 9.59 Å². The van der Waals surface area contributed by atoms with Crippen molar-refractivity contribution in [3.05, 3.63) is 35.9 Å². The molecule has 0 aromatic heterocycles. The van der Waals surface area contributed by atoms with Gasteiger partial charge in [0.25, 0.3) is 0 Å². The summed E-state index contributed by atoms with van der Waals surface area (Å²) in [6, 6.07) is 9.56. The normalized spacial score (nSPS) is 13.2. The number of nitrogens with one attached hydrogen (secondary N) is 1. The Morgan fingerprint density at radius 1 is 1.09 bits per heavy atom.